The molecular formula is C52H102O3S2. The van der Waals surface area contributed by atoms with Crippen LogP contribution in [0, 0.1) is 5.41 Å². The van der Waals surface area contributed by atoms with E-state index in [0.717, 1.165) is 51.4 Å². The fraction of sp³-hybridized carbons (Fsp3) is 0.962. The maximum absolute atomic E-state index is 14.2. The van der Waals surface area contributed by atoms with E-state index in [1.54, 1.807) is 0 Å². The lowest BCUT2D eigenvalue weighted by Crippen LogP contribution is -2.58. The summed E-state index contributed by atoms with van der Waals surface area (Å²) in [7, 11) is 0. The van der Waals surface area contributed by atoms with Crippen molar-refractivity contribution in [3.05, 3.63) is 0 Å². The van der Waals surface area contributed by atoms with Crippen molar-refractivity contribution < 1.29 is 14.3 Å². The van der Waals surface area contributed by atoms with Crippen molar-refractivity contribution in [2.75, 3.05) is 6.61 Å². The van der Waals surface area contributed by atoms with E-state index < -0.39 is 11.0 Å². The van der Waals surface area contributed by atoms with Crippen molar-refractivity contribution in [2.24, 2.45) is 5.41 Å². The average Bonchev–Trinajstić information content (AvgIpc) is 3.20. The zero-order valence-corrected chi connectivity index (χ0v) is 41.0. The van der Waals surface area contributed by atoms with Gasteiger partial charge >= 0.3 is 0 Å². The van der Waals surface area contributed by atoms with E-state index in [9.17, 15) is 9.59 Å². The van der Waals surface area contributed by atoms with Crippen molar-refractivity contribution >= 4 is 35.5 Å². The standard InChI is InChI=1S/C52H102O3S2/c1-5-9-13-17-21-25-29-33-37-41-45-51(49(53)56,46-42-38-34-30-26-22-18-14-10-6-2)52(50(54)57,47-43-39-35-31-27-23-19-15-11-7-3)55-48-44-40-36-32-28-24-20-16-12-8-4/h5-48H2,1-4H3,(H,53,56)(H,54,57). The van der Waals surface area contributed by atoms with Crippen LogP contribution in [0.25, 0.3) is 0 Å². The van der Waals surface area contributed by atoms with Gasteiger partial charge in [0.15, 0.2) is 5.12 Å². The molecule has 0 aliphatic heterocycles. The molecule has 5 heteroatoms. The normalized spacial score (nSPS) is 13.0. The fourth-order valence-corrected chi connectivity index (χ4v) is 10.1. The summed E-state index contributed by atoms with van der Waals surface area (Å²) in [6.07, 6.45) is 51.9. The molecule has 0 aliphatic rings. The Kier molecular flexibility index (Phi) is 42.7. The Labute approximate surface area is 369 Å². The minimum Gasteiger partial charge on any atom is -0.365 e. The Balaban J connectivity index is 5.81. The van der Waals surface area contributed by atoms with E-state index >= 15 is 0 Å². The number of ether oxygens (including phenoxy) is 1. The SMILES string of the molecule is CCCCCCCCCCCCOC(CCCCCCCCCCCC)(C(=O)S)C(CCCCCCCCCCCC)(CCCCCCCCCCCC)C(=O)S. The van der Waals surface area contributed by atoms with Crippen LogP contribution in [0.3, 0.4) is 0 Å². The Hall–Kier alpha value is -0.0000000000000000555. The van der Waals surface area contributed by atoms with Gasteiger partial charge in [-0.15, -0.1) is 25.3 Å². The lowest BCUT2D eigenvalue weighted by atomic mass is 9.64. The Bertz CT molecular complexity index is 838. The van der Waals surface area contributed by atoms with E-state index in [1.165, 1.54) is 205 Å². The zero-order valence-electron chi connectivity index (χ0n) is 39.2. The summed E-state index contributed by atoms with van der Waals surface area (Å²) >= 11 is 9.39. The summed E-state index contributed by atoms with van der Waals surface area (Å²) in [5, 5.41) is -0.362. The second-order valence-corrected chi connectivity index (χ2v) is 19.2. The summed E-state index contributed by atoms with van der Waals surface area (Å²) < 4.78 is 6.96. The van der Waals surface area contributed by atoms with E-state index in [0.29, 0.717) is 25.9 Å². The first-order chi connectivity index (χ1) is 27.9. The van der Waals surface area contributed by atoms with E-state index in [-0.39, 0.29) is 10.2 Å². The first-order valence-electron chi connectivity index (χ1n) is 26.0. The molecule has 1 unspecified atom stereocenters. The first-order valence-corrected chi connectivity index (χ1v) is 26.9. The Morgan fingerprint density at radius 1 is 0.316 bits per heavy atom. The molecule has 0 spiro atoms. The van der Waals surface area contributed by atoms with Gasteiger partial charge in [0.2, 0.25) is 5.12 Å². The second kappa shape index (κ2) is 42.7. The monoisotopic (exact) mass is 839 g/mol. The topological polar surface area (TPSA) is 43.4 Å². The third-order valence-electron chi connectivity index (χ3n) is 13.2. The summed E-state index contributed by atoms with van der Waals surface area (Å²) in [4.78, 5) is 28.3. The molecule has 0 saturated heterocycles. The van der Waals surface area contributed by atoms with E-state index in [4.69, 9.17) is 17.4 Å². The van der Waals surface area contributed by atoms with Crippen LogP contribution >= 0.6 is 25.3 Å². The minimum absolute atomic E-state index is 0.132. The van der Waals surface area contributed by atoms with E-state index in [1.807, 2.05) is 0 Å². The Morgan fingerprint density at radius 2 is 0.544 bits per heavy atom. The van der Waals surface area contributed by atoms with Gasteiger partial charge in [0.25, 0.3) is 0 Å². The highest BCUT2D eigenvalue weighted by molar-refractivity contribution is 7.97. The van der Waals surface area contributed by atoms with Crippen molar-refractivity contribution in [1.82, 2.24) is 0 Å². The van der Waals surface area contributed by atoms with Gasteiger partial charge in [-0.2, -0.15) is 0 Å². The van der Waals surface area contributed by atoms with Crippen molar-refractivity contribution in [1.29, 1.82) is 0 Å². The molecule has 0 saturated carbocycles. The number of carbonyl (C=O) groups excluding carboxylic acids is 2. The van der Waals surface area contributed by atoms with Crippen LogP contribution in [0.4, 0.5) is 0 Å². The number of hydrogen-bond acceptors (Lipinski definition) is 3. The van der Waals surface area contributed by atoms with Crippen molar-refractivity contribution in [2.45, 2.75) is 309 Å². The number of rotatable bonds is 48. The molecular weight excluding hydrogens is 737 g/mol. The number of unbranched alkanes of at least 4 members (excludes halogenated alkanes) is 36. The van der Waals surface area contributed by atoms with E-state index in [2.05, 4.69) is 40.3 Å². The summed E-state index contributed by atoms with van der Waals surface area (Å²) in [5.41, 5.74) is -2.13. The molecule has 0 rings (SSSR count). The molecule has 57 heavy (non-hydrogen) atoms. The van der Waals surface area contributed by atoms with Crippen LogP contribution in [0.5, 0.6) is 0 Å². The lowest BCUT2D eigenvalue weighted by Gasteiger charge is -2.47. The van der Waals surface area contributed by atoms with Gasteiger partial charge in [-0.05, 0) is 25.7 Å². The highest BCUT2D eigenvalue weighted by Gasteiger charge is 2.58. The highest BCUT2D eigenvalue weighted by Crippen LogP contribution is 2.50. The molecule has 0 amide bonds. The Morgan fingerprint density at radius 3 is 0.789 bits per heavy atom. The molecule has 0 aliphatic carbocycles. The predicted molar refractivity (Wildman–Crippen MR) is 260 cm³/mol. The third-order valence-corrected chi connectivity index (χ3v) is 14.0. The summed E-state index contributed by atoms with van der Waals surface area (Å²) in [6, 6.07) is 0. The van der Waals surface area contributed by atoms with Crippen molar-refractivity contribution in [3.63, 3.8) is 0 Å². The fourth-order valence-electron chi connectivity index (χ4n) is 9.26. The molecule has 1 atom stereocenters. The van der Waals surface area contributed by atoms with Gasteiger partial charge in [-0.1, -0.05) is 278 Å². The largest absolute Gasteiger partial charge is 0.365 e. The maximum Gasteiger partial charge on any atom is 0.218 e. The predicted octanol–water partition coefficient (Wildman–Crippen LogP) is 18.5. The molecule has 0 heterocycles. The van der Waals surface area contributed by atoms with Crippen LogP contribution in [0.2, 0.25) is 0 Å². The number of carbonyl (C=O) groups is 2. The number of thiol groups is 2. The molecule has 0 aromatic rings. The molecule has 0 N–H and O–H groups in total. The zero-order chi connectivity index (χ0) is 42.0. The van der Waals surface area contributed by atoms with Gasteiger partial charge in [0.05, 0.1) is 5.41 Å². The lowest BCUT2D eigenvalue weighted by molar-refractivity contribution is -0.171. The van der Waals surface area contributed by atoms with Gasteiger partial charge in [0, 0.05) is 6.61 Å². The highest BCUT2D eigenvalue weighted by atomic mass is 32.1. The van der Waals surface area contributed by atoms with Gasteiger partial charge in [0.1, 0.15) is 5.60 Å². The molecule has 0 aromatic heterocycles. The summed E-state index contributed by atoms with van der Waals surface area (Å²) in [6.45, 7) is 9.65. The van der Waals surface area contributed by atoms with Crippen LogP contribution in [0.1, 0.15) is 304 Å². The quantitative estimate of drug-likeness (QED) is 0.0474. The summed E-state index contributed by atoms with van der Waals surface area (Å²) in [5.74, 6) is 0. The molecule has 340 valence electrons. The van der Waals surface area contributed by atoms with Crippen LogP contribution < -0.4 is 0 Å². The third kappa shape index (κ3) is 29.8. The maximum atomic E-state index is 14.2. The van der Waals surface area contributed by atoms with Crippen LogP contribution in [0.15, 0.2) is 0 Å². The van der Waals surface area contributed by atoms with Gasteiger partial charge in [-0.25, -0.2) is 0 Å². The molecule has 0 fully saturated rings. The average molecular weight is 840 g/mol. The molecule has 3 nitrogen and oxygen atoms in total. The molecule has 0 radical (unpaired) electrons. The molecule has 0 bridgehead atoms. The van der Waals surface area contributed by atoms with Crippen LogP contribution in [-0.2, 0) is 14.3 Å². The van der Waals surface area contributed by atoms with Crippen LogP contribution in [-0.4, -0.2) is 22.4 Å². The number of hydrogen-bond donors (Lipinski definition) is 2. The first kappa shape index (κ1) is 57.0. The second-order valence-electron chi connectivity index (χ2n) is 18.3. The van der Waals surface area contributed by atoms with Gasteiger partial charge < -0.3 is 4.74 Å². The van der Waals surface area contributed by atoms with Crippen molar-refractivity contribution in [3.8, 4) is 0 Å². The minimum atomic E-state index is -1.20. The molecule has 0 aromatic carbocycles. The van der Waals surface area contributed by atoms with Gasteiger partial charge in [-0.3, -0.25) is 9.59 Å². The smallest absolute Gasteiger partial charge is 0.218 e.